The molecule has 1 N–H and O–H groups in total. The molecule has 0 aliphatic carbocycles. The van der Waals surface area contributed by atoms with Gasteiger partial charge in [-0.2, -0.15) is 0 Å². The molecule has 3 nitrogen and oxygen atoms in total. The molecule has 0 amide bonds. The summed E-state index contributed by atoms with van der Waals surface area (Å²) in [7, 11) is 5.74. The maximum absolute atomic E-state index is 6.22. The van der Waals surface area contributed by atoms with E-state index in [9.17, 15) is 0 Å². The highest BCUT2D eigenvalue weighted by Crippen LogP contribution is 2.26. The van der Waals surface area contributed by atoms with Gasteiger partial charge >= 0.3 is 0 Å². The molecule has 1 aromatic carbocycles. The molecule has 0 aliphatic rings. The average Bonchev–Trinajstić information content (AvgIpc) is 2.32. The van der Waals surface area contributed by atoms with Gasteiger partial charge in [0.2, 0.25) is 0 Å². The smallest absolute Gasteiger partial charge is 0.0479 e. The molecule has 17 heavy (non-hydrogen) atoms. The van der Waals surface area contributed by atoms with Crippen LogP contribution in [-0.4, -0.2) is 34.4 Å². The van der Waals surface area contributed by atoms with Gasteiger partial charge in [-0.15, -0.1) is 0 Å². The van der Waals surface area contributed by atoms with Gasteiger partial charge in [-0.1, -0.05) is 17.7 Å². The third-order valence-corrected chi connectivity index (χ3v) is 3.06. The summed E-state index contributed by atoms with van der Waals surface area (Å²) >= 11 is 6.22. The topological polar surface area (TPSA) is 24.5 Å². The van der Waals surface area contributed by atoms with Crippen LogP contribution in [0, 0.1) is 0 Å². The first-order valence-electron chi connectivity index (χ1n) is 5.82. The zero-order valence-electron chi connectivity index (χ0n) is 10.8. The summed E-state index contributed by atoms with van der Waals surface area (Å²) in [6.07, 6.45) is 1.01. The summed E-state index contributed by atoms with van der Waals surface area (Å²) in [5, 5.41) is 3.97. The molecule has 0 spiro atoms. The van der Waals surface area contributed by atoms with E-state index >= 15 is 0 Å². The SMILES string of the molecule is CNCc1c(Cl)cccc1N(C)CCCOC. The van der Waals surface area contributed by atoms with Crippen LogP contribution in [0.1, 0.15) is 12.0 Å². The third-order valence-electron chi connectivity index (χ3n) is 2.70. The molecular formula is C13H21ClN2O. The zero-order valence-corrected chi connectivity index (χ0v) is 11.5. The van der Waals surface area contributed by atoms with E-state index in [0.717, 1.165) is 36.7 Å². The van der Waals surface area contributed by atoms with Crippen molar-refractivity contribution in [3.8, 4) is 0 Å². The van der Waals surface area contributed by atoms with Crippen LogP contribution in [-0.2, 0) is 11.3 Å². The van der Waals surface area contributed by atoms with E-state index in [2.05, 4.69) is 23.3 Å². The lowest BCUT2D eigenvalue weighted by Crippen LogP contribution is -2.22. The Morgan fingerprint density at radius 3 is 2.82 bits per heavy atom. The van der Waals surface area contributed by atoms with Gasteiger partial charge in [0.05, 0.1) is 0 Å². The summed E-state index contributed by atoms with van der Waals surface area (Å²) < 4.78 is 5.06. The fourth-order valence-electron chi connectivity index (χ4n) is 1.82. The second kappa shape index (κ2) is 7.54. The minimum Gasteiger partial charge on any atom is -0.385 e. The molecule has 0 aromatic heterocycles. The molecule has 0 unspecified atom stereocenters. The van der Waals surface area contributed by atoms with Crippen LogP contribution in [0.25, 0.3) is 0 Å². The molecule has 4 heteroatoms. The van der Waals surface area contributed by atoms with E-state index in [0.29, 0.717) is 0 Å². The predicted molar refractivity (Wildman–Crippen MR) is 74.0 cm³/mol. The minimum atomic E-state index is 0.781. The van der Waals surface area contributed by atoms with Crippen molar-refractivity contribution in [1.82, 2.24) is 5.32 Å². The standard InChI is InChI=1S/C13H21ClN2O/c1-15-10-11-12(14)6-4-7-13(11)16(2)8-5-9-17-3/h4,6-7,15H,5,8-10H2,1-3H3. The number of ether oxygens (including phenoxy) is 1. The first-order chi connectivity index (χ1) is 8.20. The Labute approximate surface area is 109 Å². The summed E-state index contributed by atoms with van der Waals surface area (Å²) in [4.78, 5) is 2.22. The largest absolute Gasteiger partial charge is 0.385 e. The fourth-order valence-corrected chi connectivity index (χ4v) is 2.06. The lowest BCUT2D eigenvalue weighted by Gasteiger charge is -2.23. The molecule has 0 radical (unpaired) electrons. The zero-order chi connectivity index (χ0) is 12.7. The highest BCUT2D eigenvalue weighted by atomic mass is 35.5. The normalized spacial score (nSPS) is 10.6. The molecular weight excluding hydrogens is 236 g/mol. The third kappa shape index (κ3) is 4.19. The Kier molecular flexibility index (Phi) is 6.34. The molecule has 0 fully saturated rings. The number of hydrogen-bond acceptors (Lipinski definition) is 3. The molecule has 96 valence electrons. The van der Waals surface area contributed by atoms with Crippen molar-refractivity contribution < 1.29 is 4.74 Å². The number of nitrogens with one attached hydrogen (secondary N) is 1. The van der Waals surface area contributed by atoms with Crippen LogP contribution >= 0.6 is 11.6 Å². The van der Waals surface area contributed by atoms with Gasteiger partial charge in [-0.05, 0) is 25.6 Å². The number of benzene rings is 1. The van der Waals surface area contributed by atoms with E-state index in [1.165, 1.54) is 5.69 Å². The monoisotopic (exact) mass is 256 g/mol. The van der Waals surface area contributed by atoms with E-state index in [1.54, 1.807) is 7.11 Å². The highest BCUT2D eigenvalue weighted by Gasteiger charge is 2.09. The Morgan fingerprint density at radius 2 is 2.18 bits per heavy atom. The van der Waals surface area contributed by atoms with Crippen LogP contribution in [0.5, 0.6) is 0 Å². The van der Waals surface area contributed by atoms with Crippen molar-refractivity contribution >= 4 is 17.3 Å². The molecule has 0 atom stereocenters. The van der Waals surface area contributed by atoms with Crippen molar-refractivity contribution in [1.29, 1.82) is 0 Å². The second-order valence-electron chi connectivity index (χ2n) is 4.04. The Morgan fingerprint density at radius 1 is 1.41 bits per heavy atom. The van der Waals surface area contributed by atoms with Crippen molar-refractivity contribution in [2.75, 3.05) is 39.3 Å². The quantitative estimate of drug-likeness (QED) is 0.759. The Balaban J connectivity index is 2.77. The van der Waals surface area contributed by atoms with Gasteiger partial charge in [0.1, 0.15) is 0 Å². The molecule has 0 heterocycles. The maximum atomic E-state index is 6.22. The molecule has 0 saturated carbocycles. The number of hydrogen-bond donors (Lipinski definition) is 1. The molecule has 1 rings (SSSR count). The van der Waals surface area contributed by atoms with E-state index < -0.39 is 0 Å². The van der Waals surface area contributed by atoms with Crippen LogP contribution in [0.3, 0.4) is 0 Å². The molecule has 0 bridgehead atoms. The number of rotatable bonds is 7. The van der Waals surface area contributed by atoms with E-state index in [1.807, 2.05) is 19.2 Å². The van der Waals surface area contributed by atoms with Crippen molar-refractivity contribution in [2.24, 2.45) is 0 Å². The van der Waals surface area contributed by atoms with Gasteiger partial charge in [0.15, 0.2) is 0 Å². The first-order valence-corrected chi connectivity index (χ1v) is 6.20. The number of methoxy groups -OCH3 is 1. The molecule has 0 saturated heterocycles. The summed E-state index contributed by atoms with van der Waals surface area (Å²) in [6.45, 7) is 2.53. The first kappa shape index (κ1) is 14.3. The van der Waals surface area contributed by atoms with Gasteiger partial charge in [0, 0.05) is 50.1 Å². The van der Waals surface area contributed by atoms with Crippen molar-refractivity contribution in [3.63, 3.8) is 0 Å². The maximum Gasteiger partial charge on any atom is 0.0479 e. The van der Waals surface area contributed by atoms with Crippen LogP contribution in [0.2, 0.25) is 5.02 Å². The minimum absolute atomic E-state index is 0.781. The fraction of sp³-hybridized carbons (Fsp3) is 0.538. The predicted octanol–water partition coefficient (Wildman–Crippen LogP) is 2.53. The summed E-state index contributed by atoms with van der Waals surface area (Å²) in [5.74, 6) is 0. The number of halogens is 1. The van der Waals surface area contributed by atoms with Crippen LogP contribution in [0.15, 0.2) is 18.2 Å². The number of nitrogens with zero attached hydrogens (tertiary/aromatic N) is 1. The Bertz CT molecular complexity index is 344. The second-order valence-corrected chi connectivity index (χ2v) is 4.44. The molecule has 0 aliphatic heterocycles. The van der Waals surface area contributed by atoms with E-state index in [4.69, 9.17) is 16.3 Å². The number of anilines is 1. The summed E-state index contributed by atoms with van der Waals surface area (Å²) in [5.41, 5.74) is 2.33. The van der Waals surface area contributed by atoms with Crippen molar-refractivity contribution in [2.45, 2.75) is 13.0 Å². The van der Waals surface area contributed by atoms with Gasteiger partial charge in [-0.25, -0.2) is 0 Å². The Hall–Kier alpha value is -0.770. The van der Waals surface area contributed by atoms with Gasteiger partial charge in [0.25, 0.3) is 0 Å². The lowest BCUT2D eigenvalue weighted by molar-refractivity contribution is 0.196. The lowest BCUT2D eigenvalue weighted by atomic mass is 10.1. The molecule has 1 aromatic rings. The van der Waals surface area contributed by atoms with Crippen LogP contribution < -0.4 is 10.2 Å². The summed E-state index contributed by atoms with van der Waals surface area (Å²) in [6, 6.07) is 6.02. The van der Waals surface area contributed by atoms with Crippen molar-refractivity contribution in [3.05, 3.63) is 28.8 Å². The average molecular weight is 257 g/mol. The van der Waals surface area contributed by atoms with Gasteiger partial charge < -0.3 is 15.0 Å². The van der Waals surface area contributed by atoms with E-state index in [-0.39, 0.29) is 0 Å². The van der Waals surface area contributed by atoms with Crippen LogP contribution in [0.4, 0.5) is 5.69 Å². The highest BCUT2D eigenvalue weighted by molar-refractivity contribution is 6.31. The van der Waals surface area contributed by atoms with Gasteiger partial charge in [-0.3, -0.25) is 0 Å².